The van der Waals surface area contributed by atoms with E-state index in [1.54, 1.807) is 41.8 Å². The Balaban J connectivity index is 1.60. The predicted molar refractivity (Wildman–Crippen MR) is 118 cm³/mol. The minimum absolute atomic E-state index is 0.158. The van der Waals surface area contributed by atoms with Crippen LogP contribution in [0.5, 0.6) is 0 Å². The van der Waals surface area contributed by atoms with Gasteiger partial charge in [-0.3, -0.25) is 14.4 Å². The molecule has 2 aliphatic rings. The standard InChI is InChI=1S/C24H25N3O4/c1-15-14-18-21(28)22(29)19-16-6-3-4-7-17(16)24(30)27(20(19)23(18)31-15)9-5-8-26-12-10-25(2)11-13-26/h3-4,6-7,14H,5,8-13H2,1-2H3. The average molecular weight is 419 g/mol. The fourth-order valence-electron chi connectivity index (χ4n) is 4.69. The summed E-state index contributed by atoms with van der Waals surface area (Å²) in [7, 11) is 2.12. The van der Waals surface area contributed by atoms with Gasteiger partial charge in [-0.15, -0.1) is 0 Å². The third-order valence-corrected chi connectivity index (χ3v) is 6.38. The monoisotopic (exact) mass is 419 g/mol. The molecule has 7 heteroatoms. The second kappa shape index (κ2) is 7.59. The zero-order valence-corrected chi connectivity index (χ0v) is 17.8. The zero-order valence-electron chi connectivity index (χ0n) is 17.8. The highest BCUT2D eigenvalue weighted by atomic mass is 16.3. The number of carbonyl (C=O) groups is 2. The minimum Gasteiger partial charge on any atom is -0.459 e. The lowest BCUT2D eigenvalue weighted by Crippen LogP contribution is -2.45. The SMILES string of the molecule is Cc1cc2c(o1)-c1c(c3ccccc3c(=O)n1CCCN1CCN(C)CC1)C(=O)C2=O. The highest BCUT2D eigenvalue weighted by molar-refractivity contribution is 6.54. The Labute approximate surface area is 179 Å². The number of carbonyl (C=O) groups excluding carboxylic acids is 2. The van der Waals surface area contributed by atoms with Crippen molar-refractivity contribution in [2.45, 2.75) is 19.9 Å². The normalized spacial score (nSPS) is 17.2. The number of fused-ring (bicyclic) bond motifs is 5. The quantitative estimate of drug-likeness (QED) is 0.605. The van der Waals surface area contributed by atoms with Crippen LogP contribution in [0.25, 0.3) is 22.2 Å². The van der Waals surface area contributed by atoms with Crippen LogP contribution in [0.2, 0.25) is 0 Å². The van der Waals surface area contributed by atoms with Gasteiger partial charge in [0.15, 0.2) is 5.76 Å². The number of piperazine rings is 1. The van der Waals surface area contributed by atoms with Gasteiger partial charge < -0.3 is 18.8 Å². The van der Waals surface area contributed by atoms with Gasteiger partial charge in [-0.05, 0) is 39.1 Å². The maximum Gasteiger partial charge on any atom is 0.259 e. The summed E-state index contributed by atoms with van der Waals surface area (Å²) in [6.07, 6.45) is 0.769. The number of benzene rings is 1. The molecule has 5 rings (SSSR count). The molecule has 0 atom stereocenters. The maximum absolute atomic E-state index is 13.4. The van der Waals surface area contributed by atoms with Crippen LogP contribution < -0.4 is 5.56 Å². The molecule has 1 saturated heterocycles. The van der Waals surface area contributed by atoms with Crippen molar-refractivity contribution in [2.75, 3.05) is 39.8 Å². The molecule has 2 aromatic heterocycles. The molecule has 0 bridgehead atoms. The highest BCUT2D eigenvalue weighted by Crippen LogP contribution is 2.38. The van der Waals surface area contributed by atoms with Crippen molar-refractivity contribution in [3.8, 4) is 11.5 Å². The summed E-state index contributed by atoms with van der Waals surface area (Å²) < 4.78 is 7.49. The van der Waals surface area contributed by atoms with Gasteiger partial charge in [0.25, 0.3) is 5.56 Å². The van der Waals surface area contributed by atoms with Crippen molar-refractivity contribution < 1.29 is 14.0 Å². The molecule has 1 fully saturated rings. The van der Waals surface area contributed by atoms with Crippen molar-refractivity contribution in [1.29, 1.82) is 0 Å². The second-order valence-electron chi connectivity index (χ2n) is 8.48. The van der Waals surface area contributed by atoms with E-state index in [-0.39, 0.29) is 16.7 Å². The second-order valence-corrected chi connectivity index (χ2v) is 8.48. The Morgan fingerprint density at radius 3 is 2.39 bits per heavy atom. The molecule has 7 nitrogen and oxygen atoms in total. The number of aryl methyl sites for hydroxylation is 1. The van der Waals surface area contributed by atoms with Gasteiger partial charge in [-0.1, -0.05) is 18.2 Å². The molecule has 31 heavy (non-hydrogen) atoms. The molecule has 0 spiro atoms. The fourth-order valence-corrected chi connectivity index (χ4v) is 4.69. The van der Waals surface area contributed by atoms with Gasteiger partial charge in [-0.2, -0.15) is 0 Å². The highest BCUT2D eigenvalue weighted by Gasteiger charge is 2.37. The van der Waals surface area contributed by atoms with Crippen molar-refractivity contribution in [3.05, 3.63) is 57.6 Å². The first kappa shape index (κ1) is 19.9. The Kier molecular flexibility index (Phi) is 4.87. The summed E-state index contributed by atoms with van der Waals surface area (Å²) in [4.78, 5) is 44.0. The van der Waals surface area contributed by atoms with Crippen LogP contribution in [0.15, 0.2) is 39.5 Å². The first-order valence-electron chi connectivity index (χ1n) is 10.7. The summed E-state index contributed by atoms with van der Waals surface area (Å²) in [5.41, 5.74) is 0.809. The number of furan rings is 1. The third-order valence-electron chi connectivity index (χ3n) is 6.38. The number of aromatic nitrogens is 1. The molecule has 1 aliphatic carbocycles. The van der Waals surface area contributed by atoms with E-state index in [1.807, 2.05) is 0 Å². The molecule has 3 heterocycles. The number of hydrogen-bond donors (Lipinski definition) is 0. The molecule has 0 unspecified atom stereocenters. The number of ketones is 2. The number of hydrogen-bond acceptors (Lipinski definition) is 6. The first-order chi connectivity index (χ1) is 15.0. The number of nitrogens with zero attached hydrogens (tertiary/aromatic N) is 3. The van der Waals surface area contributed by atoms with Crippen molar-refractivity contribution >= 4 is 22.3 Å². The summed E-state index contributed by atoms with van der Waals surface area (Å²) in [6.45, 7) is 7.17. The third kappa shape index (κ3) is 3.25. The molecule has 3 aromatic rings. The number of likely N-dealkylation sites (N-methyl/N-ethyl adjacent to an activating group) is 1. The van der Waals surface area contributed by atoms with Crippen molar-refractivity contribution in [3.63, 3.8) is 0 Å². The first-order valence-corrected chi connectivity index (χ1v) is 10.7. The number of pyridine rings is 1. The molecule has 1 aliphatic heterocycles. The topological polar surface area (TPSA) is 75.8 Å². The van der Waals surface area contributed by atoms with Crippen molar-refractivity contribution in [1.82, 2.24) is 14.4 Å². The molecular formula is C24H25N3O4. The summed E-state index contributed by atoms with van der Waals surface area (Å²) >= 11 is 0. The van der Waals surface area contributed by atoms with Crippen LogP contribution in [-0.2, 0) is 6.54 Å². The molecular weight excluding hydrogens is 394 g/mol. The van der Waals surface area contributed by atoms with E-state index in [0.29, 0.717) is 34.5 Å². The van der Waals surface area contributed by atoms with Crippen LogP contribution in [0, 0.1) is 6.92 Å². The Morgan fingerprint density at radius 2 is 1.65 bits per heavy atom. The van der Waals surface area contributed by atoms with Gasteiger partial charge in [0.1, 0.15) is 5.76 Å². The van der Waals surface area contributed by atoms with E-state index in [1.165, 1.54) is 0 Å². The lowest BCUT2D eigenvalue weighted by Gasteiger charge is -2.32. The van der Waals surface area contributed by atoms with E-state index in [0.717, 1.165) is 39.1 Å². The predicted octanol–water partition coefficient (Wildman–Crippen LogP) is 2.59. The molecule has 0 saturated carbocycles. The maximum atomic E-state index is 13.4. The smallest absolute Gasteiger partial charge is 0.259 e. The van der Waals surface area contributed by atoms with E-state index in [4.69, 9.17) is 4.42 Å². The van der Waals surface area contributed by atoms with E-state index in [2.05, 4.69) is 16.8 Å². The van der Waals surface area contributed by atoms with E-state index >= 15 is 0 Å². The lowest BCUT2D eigenvalue weighted by atomic mass is 9.88. The van der Waals surface area contributed by atoms with Gasteiger partial charge in [-0.25, -0.2) is 0 Å². The summed E-state index contributed by atoms with van der Waals surface area (Å²) in [5, 5.41) is 0.963. The van der Waals surface area contributed by atoms with Crippen LogP contribution >= 0.6 is 0 Å². The van der Waals surface area contributed by atoms with Crippen molar-refractivity contribution in [2.24, 2.45) is 0 Å². The molecule has 0 radical (unpaired) electrons. The van der Waals surface area contributed by atoms with Gasteiger partial charge in [0, 0.05) is 43.5 Å². The van der Waals surface area contributed by atoms with Crippen LogP contribution in [0.3, 0.4) is 0 Å². The summed E-state index contributed by atoms with van der Waals surface area (Å²) in [6, 6.07) is 8.60. The lowest BCUT2D eigenvalue weighted by molar-refractivity contribution is 0.0815. The Bertz CT molecular complexity index is 1260. The van der Waals surface area contributed by atoms with Gasteiger partial charge in [0.05, 0.1) is 16.8 Å². The Morgan fingerprint density at radius 1 is 0.935 bits per heavy atom. The fraction of sp³-hybridized carbons (Fsp3) is 0.375. The zero-order chi connectivity index (χ0) is 21.7. The molecule has 160 valence electrons. The summed E-state index contributed by atoms with van der Waals surface area (Å²) in [5.74, 6) is -0.275. The molecule has 1 aromatic carbocycles. The largest absolute Gasteiger partial charge is 0.459 e. The Hall–Kier alpha value is -3.03. The van der Waals surface area contributed by atoms with Gasteiger partial charge >= 0.3 is 0 Å². The number of rotatable bonds is 4. The van der Waals surface area contributed by atoms with Crippen LogP contribution in [-0.4, -0.2) is 65.7 Å². The van der Waals surface area contributed by atoms with E-state index < -0.39 is 11.6 Å². The van der Waals surface area contributed by atoms with Crippen LogP contribution in [0.1, 0.15) is 32.9 Å². The number of Topliss-reactive ketones (excluding diaryl/α,β-unsaturated/α-hetero) is 2. The average Bonchev–Trinajstić information content (AvgIpc) is 3.16. The van der Waals surface area contributed by atoms with E-state index in [9.17, 15) is 14.4 Å². The van der Waals surface area contributed by atoms with Gasteiger partial charge in [0.2, 0.25) is 11.6 Å². The molecule has 0 N–H and O–H groups in total. The molecule has 0 amide bonds. The minimum atomic E-state index is -0.577. The van der Waals surface area contributed by atoms with Crippen LogP contribution in [0.4, 0.5) is 0 Å².